The van der Waals surface area contributed by atoms with Gasteiger partial charge in [-0.3, -0.25) is 0 Å². The number of unbranched alkanes of at least 4 members (excludes halogenated alkanes) is 1. The minimum Gasteiger partial charge on any atom is -0.380 e. The summed E-state index contributed by atoms with van der Waals surface area (Å²) in [6.07, 6.45) is 2.13. The molecule has 0 aliphatic rings. The third kappa shape index (κ3) is 3.45. The van der Waals surface area contributed by atoms with Gasteiger partial charge in [0.1, 0.15) is 4.90 Å². The Balaban J connectivity index is 2.34. The summed E-state index contributed by atoms with van der Waals surface area (Å²) in [6, 6.07) is 7.40. The predicted octanol–water partition coefficient (Wildman–Crippen LogP) is 2.41. The Kier molecular flexibility index (Phi) is 5.03. The number of para-hydroxylation sites is 1. The van der Waals surface area contributed by atoms with Crippen LogP contribution < -0.4 is 5.14 Å². The molecule has 2 aromatic rings. The van der Waals surface area contributed by atoms with E-state index in [1.165, 1.54) is 0 Å². The zero-order chi connectivity index (χ0) is 15.5. The van der Waals surface area contributed by atoms with Crippen LogP contribution in [0.1, 0.15) is 25.5 Å². The van der Waals surface area contributed by atoms with Crippen molar-refractivity contribution < 1.29 is 13.2 Å². The first kappa shape index (κ1) is 16.0. The molecule has 1 aromatic carbocycles. The lowest BCUT2D eigenvalue weighted by atomic mass is 10.2. The normalized spacial score (nSPS) is 12.1. The number of nitrogens with two attached hydrogens (primary N) is 1. The highest BCUT2D eigenvalue weighted by Crippen LogP contribution is 2.28. The van der Waals surface area contributed by atoms with Crippen LogP contribution in [0.15, 0.2) is 29.2 Å². The van der Waals surface area contributed by atoms with Crippen molar-refractivity contribution in [1.29, 1.82) is 0 Å². The molecule has 0 amide bonds. The third-order valence-corrected chi connectivity index (χ3v) is 4.64. The second-order valence-electron chi connectivity index (χ2n) is 5.09. The lowest BCUT2D eigenvalue weighted by Crippen LogP contribution is -2.14. The first-order chi connectivity index (χ1) is 9.96. The monoisotopic (exact) mass is 310 g/mol. The van der Waals surface area contributed by atoms with E-state index in [4.69, 9.17) is 9.88 Å². The smallest absolute Gasteiger partial charge is 0.240 e. The molecule has 0 radical (unpaired) electrons. The molecule has 0 atom stereocenters. The van der Waals surface area contributed by atoms with Gasteiger partial charge in [-0.15, -0.1) is 0 Å². The van der Waals surface area contributed by atoms with E-state index in [1.54, 1.807) is 13.0 Å². The molecule has 0 aliphatic carbocycles. The molecule has 5 nitrogen and oxygen atoms in total. The number of aromatic nitrogens is 1. The molecule has 116 valence electrons. The van der Waals surface area contributed by atoms with Crippen molar-refractivity contribution in [2.24, 2.45) is 5.14 Å². The van der Waals surface area contributed by atoms with Crippen LogP contribution in [0.5, 0.6) is 0 Å². The lowest BCUT2D eigenvalue weighted by molar-refractivity contribution is 0.124. The van der Waals surface area contributed by atoms with E-state index in [0.717, 1.165) is 25.0 Å². The van der Waals surface area contributed by atoms with E-state index in [0.29, 0.717) is 24.2 Å². The molecule has 2 N–H and O–H groups in total. The minimum absolute atomic E-state index is 0.214. The Morgan fingerprint density at radius 1 is 1.24 bits per heavy atom. The van der Waals surface area contributed by atoms with Crippen molar-refractivity contribution in [3.63, 3.8) is 0 Å². The SMILES string of the molecule is CCCCOCCn1c(C)c(S(N)(=O)=O)c2ccccc21. The number of hydrogen-bond donors (Lipinski definition) is 1. The Labute approximate surface area is 125 Å². The minimum atomic E-state index is -3.74. The van der Waals surface area contributed by atoms with Gasteiger partial charge in [0.25, 0.3) is 0 Å². The summed E-state index contributed by atoms with van der Waals surface area (Å²) >= 11 is 0. The second-order valence-corrected chi connectivity index (χ2v) is 6.59. The van der Waals surface area contributed by atoms with Crippen molar-refractivity contribution in [2.45, 2.75) is 38.1 Å². The van der Waals surface area contributed by atoms with Crippen LogP contribution in [0.4, 0.5) is 0 Å². The number of sulfonamides is 1. The van der Waals surface area contributed by atoms with E-state index in [2.05, 4.69) is 6.92 Å². The summed E-state index contributed by atoms with van der Waals surface area (Å²) < 4.78 is 31.2. The quantitative estimate of drug-likeness (QED) is 0.798. The molecule has 0 bridgehead atoms. The summed E-state index contributed by atoms with van der Waals surface area (Å²) in [4.78, 5) is 0.214. The highest BCUT2D eigenvalue weighted by molar-refractivity contribution is 7.89. The maximum Gasteiger partial charge on any atom is 0.240 e. The van der Waals surface area contributed by atoms with Crippen LogP contribution >= 0.6 is 0 Å². The summed E-state index contributed by atoms with van der Waals surface area (Å²) in [6.45, 7) is 5.81. The van der Waals surface area contributed by atoms with Gasteiger partial charge in [-0.2, -0.15) is 0 Å². The fourth-order valence-electron chi connectivity index (χ4n) is 2.55. The van der Waals surface area contributed by atoms with Gasteiger partial charge in [0.2, 0.25) is 10.0 Å². The van der Waals surface area contributed by atoms with Crippen LogP contribution in [-0.4, -0.2) is 26.2 Å². The molecular formula is C15H22N2O3S. The molecular weight excluding hydrogens is 288 g/mol. The molecule has 0 aliphatic heterocycles. The van der Waals surface area contributed by atoms with Gasteiger partial charge in [-0.25, -0.2) is 13.6 Å². The van der Waals surface area contributed by atoms with E-state index >= 15 is 0 Å². The molecule has 0 unspecified atom stereocenters. The maximum absolute atomic E-state index is 11.8. The van der Waals surface area contributed by atoms with E-state index < -0.39 is 10.0 Å². The Morgan fingerprint density at radius 3 is 2.62 bits per heavy atom. The fourth-order valence-corrected chi connectivity index (χ4v) is 3.55. The highest BCUT2D eigenvalue weighted by atomic mass is 32.2. The van der Waals surface area contributed by atoms with Gasteiger partial charge in [0.15, 0.2) is 0 Å². The zero-order valence-corrected chi connectivity index (χ0v) is 13.3. The van der Waals surface area contributed by atoms with Crippen LogP contribution in [0.25, 0.3) is 10.9 Å². The van der Waals surface area contributed by atoms with Crippen LogP contribution in [0.2, 0.25) is 0 Å². The summed E-state index contributed by atoms with van der Waals surface area (Å²) in [5.41, 5.74) is 1.54. The third-order valence-electron chi connectivity index (χ3n) is 3.56. The topological polar surface area (TPSA) is 74.3 Å². The average molecular weight is 310 g/mol. The zero-order valence-electron chi connectivity index (χ0n) is 12.5. The van der Waals surface area contributed by atoms with E-state index in [1.807, 2.05) is 22.8 Å². The summed E-state index contributed by atoms with van der Waals surface area (Å²) in [5.74, 6) is 0. The number of nitrogens with zero attached hydrogens (tertiary/aromatic N) is 1. The van der Waals surface area contributed by atoms with Gasteiger partial charge in [0, 0.05) is 29.7 Å². The molecule has 1 heterocycles. The first-order valence-electron chi connectivity index (χ1n) is 7.15. The van der Waals surface area contributed by atoms with Crippen molar-refractivity contribution in [1.82, 2.24) is 4.57 Å². The number of fused-ring (bicyclic) bond motifs is 1. The van der Waals surface area contributed by atoms with Crippen molar-refractivity contribution in [3.8, 4) is 0 Å². The van der Waals surface area contributed by atoms with Crippen LogP contribution in [0.3, 0.4) is 0 Å². The van der Waals surface area contributed by atoms with Crippen LogP contribution in [0, 0.1) is 6.92 Å². The number of rotatable bonds is 7. The Bertz CT molecular complexity index is 720. The largest absolute Gasteiger partial charge is 0.380 e. The number of primary sulfonamides is 1. The van der Waals surface area contributed by atoms with E-state index in [9.17, 15) is 8.42 Å². The molecule has 1 aromatic heterocycles. The molecule has 0 fully saturated rings. The first-order valence-corrected chi connectivity index (χ1v) is 8.69. The summed E-state index contributed by atoms with van der Waals surface area (Å²) in [5, 5.41) is 6.03. The standard InChI is InChI=1S/C15H22N2O3S/c1-3-4-10-20-11-9-17-12(2)15(21(16,18)19)13-7-5-6-8-14(13)17/h5-8H,3-4,9-11H2,1-2H3,(H2,16,18,19). The van der Waals surface area contributed by atoms with Gasteiger partial charge >= 0.3 is 0 Å². The average Bonchev–Trinajstić information content (AvgIpc) is 2.71. The van der Waals surface area contributed by atoms with Gasteiger partial charge in [-0.1, -0.05) is 31.5 Å². The number of benzene rings is 1. The summed E-state index contributed by atoms with van der Waals surface area (Å²) in [7, 11) is -3.74. The maximum atomic E-state index is 11.8. The molecule has 21 heavy (non-hydrogen) atoms. The van der Waals surface area contributed by atoms with Crippen molar-refractivity contribution in [3.05, 3.63) is 30.0 Å². The molecule has 2 rings (SSSR count). The second kappa shape index (κ2) is 6.60. The fraction of sp³-hybridized carbons (Fsp3) is 0.467. The lowest BCUT2D eigenvalue weighted by Gasteiger charge is -2.09. The molecule has 6 heteroatoms. The molecule has 0 saturated carbocycles. The van der Waals surface area contributed by atoms with Crippen molar-refractivity contribution >= 4 is 20.9 Å². The molecule has 0 spiro atoms. The van der Waals surface area contributed by atoms with Crippen molar-refractivity contribution in [2.75, 3.05) is 13.2 Å². The Hall–Kier alpha value is -1.37. The number of hydrogen-bond acceptors (Lipinski definition) is 3. The Morgan fingerprint density at radius 2 is 1.95 bits per heavy atom. The van der Waals surface area contributed by atoms with Gasteiger partial charge in [-0.05, 0) is 19.4 Å². The van der Waals surface area contributed by atoms with Crippen LogP contribution in [-0.2, 0) is 21.3 Å². The molecule has 0 saturated heterocycles. The van der Waals surface area contributed by atoms with E-state index in [-0.39, 0.29) is 4.90 Å². The van der Waals surface area contributed by atoms with Gasteiger partial charge in [0.05, 0.1) is 6.61 Å². The van der Waals surface area contributed by atoms with Gasteiger partial charge < -0.3 is 9.30 Å². The predicted molar refractivity (Wildman–Crippen MR) is 83.8 cm³/mol. The number of ether oxygens (including phenoxy) is 1. The highest BCUT2D eigenvalue weighted by Gasteiger charge is 2.21.